The van der Waals surface area contributed by atoms with Crippen LogP contribution in [-0.2, 0) is 14.3 Å². The molecule has 0 unspecified atom stereocenters. The SMILES string of the molecule is O=C1CC(c2c(Cl)cccc2Cl)CC(=O)O1. The Bertz CT molecular complexity index is 420. The van der Waals surface area contributed by atoms with Crippen molar-refractivity contribution in [2.75, 3.05) is 0 Å². The van der Waals surface area contributed by atoms with E-state index in [1.54, 1.807) is 18.2 Å². The van der Waals surface area contributed by atoms with Crippen LogP contribution in [-0.4, -0.2) is 11.9 Å². The van der Waals surface area contributed by atoms with Gasteiger partial charge in [-0.15, -0.1) is 0 Å². The molecule has 16 heavy (non-hydrogen) atoms. The third-order valence-corrected chi connectivity index (χ3v) is 3.12. The van der Waals surface area contributed by atoms with Gasteiger partial charge in [0.1, 0.15) is 0 Å². The van der Waals surface area contributed by atoms with E-state index in [1.807, 2.05) is 0 Å². The summed E-state index contributed by atoms with van der Waals surface area (Å²) in [4.78, 5) is 22.3. The van der Waals surface area contributed by atoms with Crippen LogP contribution in [0.2, 0.25) is 10.0 Å². The summed E-state index contributed by atoms with van der Waals surface area (Å²) in [5.74, 6) is -1.34. The van der Waals surface area contributed by atoms with E-state index in [0.29, 0.717) is 15.6 Å². The topological polar surface area (TPSA) is 43.4 Å². The van der Waals surface area contributed by atoms with Gasteiger partial charge in [0.15, 0.2) is 0 Å². The Morgan fingerprint density at radius 2 is 1.56 bits per heavy atom. The van der Waals surface area contributed by atoms with Gasteiger partial charge in [0.25, 0.3) is 0 Å². The van der Waals surface area contributed by atoms with Gasteiger partial charge < -0.3 is 4.74 Å². The summed E-state index contributed by atoms with van der Waals surface area (Å²) in [7, 11) is 0. The Morgan fingerprint density at radius 3 is 2.06 bits per heavy atom. The highest BCUT2D eigenvalue weighted by molar-refractivity contribution is 6.36. The molecule has 1 fully saturated rings. The molecule has 0 aliphatic carbocycles. The lowest BCUT2D eigenvalue weighted by Crippen LogP contribution is -2.24. The summed E-state index contributed by atoms with van der Waals surface area (Å²) < 4.78 is 4.45. The molecular weight excluding hydrogens is 251 g/mol. The molecule has 0 atom stereocenters. The molecule has 0 bridgehead atoms. The first-order valence-corrected chi connectivity index (χ1v) is 5.51. The molecule has 1 saturated heterocycles. The van der Waals surface area contributed by atoms with Crippen LogP contribution in [0.25, 0.3) is 0 Å². The molecule has 1 aromatic rings. The zero-order valence-electron chi connectivity index (χ0n) is 8.20. The van der Waals surface area contributed by atoms with Crippen molar-refractivity contribution in [2.24, 2.45) is 0 Å². The molecule has 3 nitrogen and oxygen atoms in total. The first kappa shape index (κ1) is 11.4. The van der Waals surface area contributed by atoms with Crippen molar-refractivity contribution in [3.63, 3.8) is 0 Å². The summed E-state index contributed by atoms with van der Waals surface area (Å²) in [6.07, 6.45) is 0.268. The number of carbonyl (C=O) groups excluding carboxylic acids is 2. The smallest absolute Gasteiger partial charge is 0.314 e. The summed E-state index contributed by atoms with van der Waals surface area (Å²) >= 11 is 12.0. The maximum atomic E-state index is 11.2. The molecule has 2 rings (SSSR count). The van der Waals surface area contributed by atoms with Crippen LogP contribution < -0.4 is 0 Å². The Morgan fingerprint density at radius 1 is 1.06 bits per heavy atom. The minimum Gasteiger partial charge on any atom is -0.393 e. The second-order valence-corrected chi connectivity index (χ2v) is 4.40. The average molecular weight is 259 g/mol. The Hall–Kier alpha value is -1.06. The van der Waals surface area contributed by atoms with Crippen LogP contribution >= 0.6 is 23.2 Å². The molecule has 84 valence electrons. The highest BCUT2D eigenvalue weighted by Crippen LogP contribution is 2.37. The highest BCUT2D eigenvalue weighted by atomic mass is 35.5. The quantitative estimate of drug-likeness (QED) is 0.575. The van der Waals surface area contributed by atoms with Crippen molar-refractivity contribution in [2.45, 2.75) is 18.8 Å². The standard InChI is InChI=1S/C11H8Cl2O3/c12-7-2-1-3-8(13)11(7)6-4-9(14)16-10(15)5-6/h1-3,6H,4-5H2. The lowest BCUT2D eigenvalue weighted by molar-refractivity contribution is -0.163. The van der Waals surface area contributed by atoms with Crippen LogP contribution in [0.1, 0.15) is 24.3 Å². The fourth-order valence-corrected chi connectivity index (χ4v) is 2.50. The number of benzene rings is 1. The van der Waals surface area contributed by atoms with Crippen molar-refractivity contribution in [1.29, 1.82) is 0 Å². The fraction of sp³-hybridized carbons (Fsp3) is 0.273. The molecule has 1 aromatic carbocycles. The van der Waals surface area contributed by atoms with Gasteiger partial charge >= 0.3 is 11.9 Å². The van der Waals surface area contributed by atoms with E-state index in [9.17, 15) is 9.59 Å². The zero-order chi connectivity index (χ0) is 11.7. The van der Waals surface area contributed by atoms with Crippen molar-refractivity contribution >= 4 is 35.1 Å². The van der Waals surface area contributed by atoms with Crippen LogP contribution in [0.15, 0.2) is 18.2 Å². The third-order valence-electron chi connectivity index (χ3n) is 2.46. The van der Waals surface area contributed by atoms with E-state index in [4.69, 9.17) is 23.2 Å². The van der Waals surface area contributed by atoms with Gasteiger partial charge in [-0.05, 0) is 17.7 Å². The number of halogens is 2. The van der Waals surface area contributed by atoms with E-state index in [0.717, 1.165) is 0 Å². The molecule has 1 heterocycles. The van der Waals surface area contributed by atoms with Gasteiger partial charge in [0.05, 0.1) is 12.8 Å². The number of hydrogen-bond acceptors (Lipinski definition) is 3. The number of cyclic esters (lactones) is 2. The number of carbonyl (C=O) groups is 2. The average Bonchev–Trinajstić information content (AvgIpc) is 2.15. The lowest BCUT2D eigenvalue weighted by atomic mass is 9.91. The van der Waals surface area contributed by atoms with Gasteiger partial charge in [-0.1, -0.05) is 29.3 Å². The molecule has 0 amide bonds. The summed E-state index contributed by atoms with van der Waals surface area (Å²) in [6.45, 7) is 0. The van der Waals surface area contributed by atoms with E-state index in [-0.39, 0.29) is 18.8 Å². The van der Waals surface area contributed by atoms with Crippen molar-refractivity contribution in [3.8, 4) is 0 Å². The predicted octanol–water partition coefficient (Wildman–Crippen LogP) is 2.94. The van der Waals surface area contributed by atoms with Crippen molar-refractivity contribution in [1.82, 2.24) is 0 Å². The molecule has 0 spiro atoms. The number of ether oxygens (including phenoxy) is 1. The third kappa shape index (κ3) is 2.20. The fourth-order valence-electron chi connectivity index (χ4n) is 1.79. The Kier molecular flexibility index (Phi) is 3.17. The molecule has 5 heteroatoms. The molecular formula is C11H8Cl2O3. The minimum atomic E-state index is -0.530. The molecule has 0 N–H and O–H groups in total. The van der Waals surface area contributed by atoms with Crippen LogP contribution in [0, 0.1) is 0 Å². The van der Waals surface area contributed by atoms with E-state index >= 15 is 0 Å². The first-order valence-electron chi connectivity index (χ1n) is 4.75. The summed E-state index contributed by atoms with van der Waals surface area (Å²) in [6, 6.07) is 5.09. The summed E-state index contributed by atoms with van der Waals surface area (Å²) in [5.41, 5.74) is 0.649. The van der Waals surface area contributed by atoms with Gasteiger partial charge in [0.2, 0.25) is 0 Å². The lowest BCUT2D eigenvalue weighted by Gasteiger charge is -2.21. The maximum absolute atomic E-state index is 11.2. The van der Waals surface area contributed by atoms with Gasteiger partial charge in [-0.3, -0.25) is 9.59 Å². The number of rotatable bonds is 1. The Labute approximate surface area is 102 Å². The van der Waals surface area contributed by atoms with Crippen molar-refractivity contribution < 1.29 is 14.3 Å². The zero-order valence-corrected chi connectivity index (χ0v) is 9.72. The normalized spacial score (nSPS) is 17.4. The largest absolute Gasteiger partial charge is 0.393 e. The molecule has 0 radical (unpaired) electrons. The van der Waals surface area contributed by atoms with E-state index in [1.165, 1.54) is 0 Å². The maximum Gasteiger partial charge on any atom is 0.314 e. The second-order valence-electron chi connectivity index (χ2n) is 3.59. The van der Waals surface area contributed by atoms with Crippen LogP contribution in [0.3, 0.4) is 0 Å². The number of esters is 2. The molecule has 0 saturated carbocycles. The van der Waals surface area contributed by atoms with Gasteiger partial charge in [-0.25, -0.2) is 0 Å². The summed E-state index contributed by atoms with van der Waals surface area (Å²) in [5, 5.41) is 0.944. The minimum absolute atomic E-state index is 0.134. The molecule has 0 aromatic heterocycles. The molecule has 1 aliphatic heterocycles. The molecule has 1 aliphatic rings. The van der Waals surface area contributed by atoms with Gasteiger partial charge in [0, 0.05) is 16.0 Å². The predicted molar refractivity (Wildman–Crippen MR) is 59.5 cm³/mol. The van der Waals surface area contributed by atoms with Crippen LogP contribution in [0.4, 0.5) is 0 Å². The van der Waals surface area contributed by atoms with E-state index in [2.05, 4.69) is 4.74 Å². The van der Waals surface area contributed by atoms with Gasteiger partial charge in [-0.2, -0.15) is 0 Å². The number of hydrogen-bond donors (Lipinski definition) is 0. The Balaban J connectivity index is 2.36. The highest BCUT2D eigenvalue weighted by Gasteiger charge is 2.30. The van der Waals surface area contributed by atoms with Crippen LogP contribution in [0.5, 0.6) is 0 Å². The monoisotopic (exact) mass is 258 g/mol. The van der Waals surface area contributed by atoms with Crippen molar-refractivity contribution in [3.05, 3.63) is 33.8 Å². The second kappa shape index (κ2) is 4.44. The first-order chi connectivity index (χ1) is 7.58. The van der Waals surface area contributed by atoms with E-state index < -0.39 is 11.9 Å².